The van der Waals surface area contributed by atoms with E-state index < -0.39 is 0 Å². The maximum absolute atomic E-state index is 5.66. The first-order chi connectivity index (χ1) is 5.42. The lowest BCUT2D eigenvalue weighted by Gasteiger charge is -1.86. The van der Waals surface area contributed by atoms with Gasteiger partial charge in [0.1, 0.15) is 0 Å². The van der Waals surface area contributed by atoms with E-state index in [-0.39, 0.29) is 0 Å². The van der Waals surface area contributed by atoms with Crippen LogP contribution in [-0.4, -0.2) is 4.98 Å². The van der Waals surface area contributed by atoms with E-state index in [1.807, 2.05) is 12.1 Å². The summed E-state index contributed by atoms with van der Waals surface area (Å²) in [6.45, 7) is 0. The van der Waals surface area contributed by atoms with Crippen LogP contribution in [0.1, 0.15) is 5.56 Å². The second-order valence-corrected chi connectivity index (χ2v) is 2.52. The van der Waals surface area contributed by atoms with Gasteiger partial charge in [0.2, 0.25) is 5.71 Å². The molecule has 11 heavy (non-hydrogen) atoms. The zero-order valence-corrected chi connectivity index (χ0v) is 6.51. The molecule has 0 aliphatic heterocycles. The predicted molar refractivity (Wildman–Crippen MR) is 43.6 cm³/mol. The van der Waals surface area contributed by atoms with Gasteiger partial charge < -0.3 is 4.42 Å². The highest BCUT2D eigenvalue weighted by molar-refractivity contribution is 6.17. The summed E-state index contributed by atoms with van der Waals surface area (Å²) >= 11 is 5.66. The molecule has 56 valence electrons. The van der Waals surface area contributed by atoms with Crippen molar-refractivity contribution < 1.29 is 4.42 Å². The number of pyridine rings is 1. The number of halogens is 1. The first-order valence-electron chi connectivity index (χ1n) is 3.29. The quantitative estimate of drug-likeness (QED) is 0.611. The Kier molecular flexibility index (Phi) is 1.55. The fourth-order valence-corrected chi connectivity index (χ4v) is 1.23. The van der Waals surface area contributed by atoms with Crippen molar-refractivity contribution in [3.8, 4) is 0 Å². The Hall–Kier alpha value is -1.02. The molecule has 0 saturated carbocycles. The van der Waals surface area contributed by atoms with Crippen LogP contribution in [0.25, 0.3) is 11.1 Å². The molecule has 2 aromatic rings. The predicted octanol–water partition coefficient (Wildman–Crippen LogP) is 2.57. The van der Waals surface area contributed by atoms with Gasteiger partial charge in [-0.05, 0) is 12.1 Å². The van der Waals surface area contributed by atoms with Gasteiger partial charge >= 0.3 is 0 Å². The van der Waals surface area contributed by atoms with Gasteiger partial charge in [-0.15, -0.1) is 11.6 Å². The normalized spacial score (nSPS) is 10.6. The third-order valence-electron chi connectivity index (χ3n) is 1.57. The molecule has 0 atom stereocenters. The van der Waals surface area contributed by atoms with Crippen molar-refractivity contribution in [2.45, 2.75) is 5.88 Å². The highest BCUT2D eigenvalue weighted by Gasteiger charge is 2.02. The minimum Gasteiger partial charge on any atom is -0.446 e. The number of fused-ring (bicyclic) bond motifs is 1. The average molecular weight is 168 g/mol. The van der Waals surface area contributed by atoms with E-state index in [0.717, 1.165) is 10.9 Å². The van der Waals surface area contributed by atoms with Crippen LogP contribution < -0.4 is 0 Å². The molecule has 2 heterocycles. The second-order valence-electron chi connectivity index (χ2n) is 2.25. The molecule has 0 unspecified atom stereocenters. The van der Waals surface area contributed by atoms with E-state index in [0.29, 0.717) is 11.6 Å². The number of hydrogen-bond acceptors (Lipinski definition) is 2. The van der Waals surface area contributed by atoms with E-state index in [1.54, 1.807) is 12.5 Å². The molecule has 0 spiro atoms. The first-order valence-corrected chi connectivity index (χ1v) is 3.82. The number of rotatable bonds is 1. The van der Waals surface area contributed by atoms with Gasteiger partial charge in [0.15, 0.2) is 0 Å². The molecular weight excluding hydrogens is 162 g/mol. The average Bonchev–Trinajstić information content (AvgIpc) is 2.47. The Morgan fingerprint density at radius 3 is 3.27 bits per heavy atom. The van der Waals surface area contributed by atoms with Crippen LogP contribution in [-0.2, 0) is 5.88 Å². The zero-order chi connectivity index (χ0) is 7.68. The summed E-state index contributed by atoms with van der Waals surface area (Å²) < 4.78 is 5.14. The van der Waals surface area contributed by atoms with E-state index in [1.165, 1.54) is 0 Å². The molecular formula is C8H6ClNO. The fourth-order valence-electron chi connectivity index (χ4n) is 1.02. The van der Waals surface area contributed by atoms with Crippen LogP contribution in [0.4, 0.5) is 0 Å². The summed E-state index contributed by atoms with van der Waals surface area (Å²) in [7, 11) is 0. The number of aromatic nitrogens is 1. The molecule has 0 bridgehead atoms. The minimum atomic E-state index is 0.471. The van der Waals surface area contributed by atoms with E-state index in [4.69, 9.17) is 16.0 Å². The fraction of sp³-hybridized carbons (Fsp3) is 0.125. The zero-order valence-electron chi connectivity index (χ0n) is 5.75. The topological polar surface area (TPSA) is 26.0 Å². The van der Waals surface area contributed by atoms with Gasteiger partial charge in [-0.3, -0.25) is 0 Å². The highest BCUT2D eigenvalue weighted by Crippen LogP contribution is 2.19. The molecule has 0 saturated heterocycles. The lowest BCUT2D eigenvalue weighted by Crippen LogP contribution is -1.73. The summed E-state index contributed by atoms with van der Waals surface area (Å²) in [5, 5.41) is 1.00. The standard InChI is InChI=1S/C8H6ClNO/c9-4-6-5-11-8-7(6)2-1-3-10-8/h1-3,5H,4H2. The molecule has 2 aromatic heterocycles. The molecule has 2 rings (SSSR count). The largest absolute Gasteiger partial charge is 0.446 e. The van der Waals surface area contributed by atoms with Crippen LogP contribution in [0.5, 0.6) is 0 Å². The van der Waals surface area contributed by atoms with Gasteiger partial charge in [-0.25, -0.2) is 4.98 Å². The van der Waals surface area contributed by atoms with Crippen LogP contribution >= 0.6 is 11.6 Å². The Morgan fingerprint density at radius 2 is 2.45 bits per heavy atom. The van der Waals surface area contributed by atoms with Crippen LogP contribution in [0.2, 0.25) is 0 Å². The van der Waals surface area contributed by atoms with Crippen molar-refractivity contribution in [3.05, 3.63) is 30.2 Å². The smallest absolute Gasteiger partial charge is 0.226 e. The molecule has 0 aliphatic carbocycles. The highest BCUT2D eigenvalue weighted by atomic mass is 35.5. The lowest BCUT2D eigenvalue weighted by atomic mass is 10.2. The van der Waals surface area contributed by atoms with Gasteiger partial charge in [0, 0.05) is 17.1 Å². The van der Waals surface area contributed by atoms with Gasteiger partial charge in [-0.1, -0.05) is 0 Å². The first kappa shape index (κ1) is 6.68. The third kappa shape index (κ3) is 0.994. The molecule has 0 N–H and O–H groups in total. The van der Waals surface area contributed by atoms with Crippen molar-refractivity contribution in [3.63, 3.8) is 0 Å². The summed E-state index contributed by atoms with van der Waals surface area (Å²) in [4.78, 5) is 4.02. The number of hydrogen-bond donors (Lipinski definition) is 0. The molecule has 0 radical (unpaired) electrons. The SMILES string of the molecule is ClCc1coc2ncccc12. The summed E-state index contributed by atoms with van der Waals surface area (Å²) in [6, 6.07) is 3.82. The van der Waals surface area contributed by atoms with Gasteiger partial charge in [0.25, 0.3) is 0 Å². The Balaban J connectivity index is 2.76. The number of alkyl halides is 1. The van der Waals surface area contributed by atoms with E-state index in [9.17, 15) is 0 Å². The summed E-state index contributed by atoms with van der Waals surface area (Å²) in [5.41, 5.74) is 1.65. The van der Waals surface area contributed by atoms with Crippen molar-refractivity contribution in [1.82, 2.24) is 4.98 Å². The Bertz CT molecular complexity index is 369. The molecule has 0 fully saturated rings. The van der Waals surface area contributed by atoms with Crippen molar-refractivity contribution in [2.24, 2.45) is 0 Å². The summed E-state index contributed by atoms with van der Waals surface area (Å²) in [5.74, 6) is 0.471. The lowest BCUT2D eigenvalue weighted by molar-refractivity contribution is 0.600. The van der Waals surface area contributed by atoms with Crippen molar-refractivity contribution in [1.29, 1.82) is 0 Å². The van der Waals surface area contributed by atoms with Crippen LogP contribution in [0.3, 0.4) is 0 Å². The monoisotopic (exact) mass is 167 g/mol. The van der Waals surface area contributed by atoms with Crippen molar-refractivity contribution >= 4 is 22.7 Å². The van der Waals surface area contributed by atoms with E-state index >= 15 is 0 Å². The maximum Gasteiger partial charge on any atom is 0.226 e. The Labute approximate surface area is 68.8 Å². The molecule has 0 aliphatic rings. The van der Waals surface area contributed by atoms with Crippen LogP contribution in [0.15, 0.2) is 29.0 Å². The number of nitrogens with zero attached hydrogens (tertiary/aromatic N) is 1. The maximum atomic E-state index is 5.66. The molecule has 0 aromatic carbocycles. The van der Waals surface area contributed by atoms with Crippen LogP contribution in [0, 0.1) is 0 Å². The van der Waals surface area contributed by atoms with Gasteiger partial charge in [0.05, 0.1) is 12.1 Å². The molecule has 3 heteroatoms. The van der Waals surface area contributed by atoms with E-state index in [2.05, 4.69) is 4.98 Å². The number of furan rings is 1. The Morgan fingerprint density at radius 1 is 1.55 bits per heavy atom. The molecule has 0 amide bonds. The van der Waals surface area contributed by atoms with Crippen molar-refractivity contribution in [2.75, 3.05) is 0 Å². The molecule has 2 nitrogen and oxygen atoms in total. The minimum absolute atomic E-state index is 0.471. The third-order valence-corrected chi connectivity index (χ3v) is 1.86. The second kappa shape index (κ2) is 2.55. The van der Waals surface area contributed by atoms with Gasteiger partial charge in [-0.2, -0.15) is 0 Å². The summed E-state index contributed by atoms with van der Waals surface area (Å²) in [6.07, 6.45) is 3.34.